The molecule has 118 valence electrons. The van der Waals surface area contributed by atoms with Crippen LogP contribution in [0.5, 0.6) is 0 Å². The highest BCUT2D eigenvalue weighted by Gasteiger charge is 2.34. The van der Waals surface area contributed by atoms with E-state index in [0.717, 1.165) is 18.0 Å². The van der Waals surface area contributed by atoms with E-state index < -0.39 is 0 Å². The van der Waals surface area contributed by atoms with Crippen LogP contribution in [0.15, 0.2) is 0 Å². The Bertz CT molecular complexity index is 236. The molecule has 1 N–H and O–H groups in total. The molecule has 3 rings (SSSR count). The van der Waals surface area contributed by atoms with Crippen LogP contribution in [0.25, 0.3) is 0 Å². The van der Waals surface area contributed by atoms with Gasteiger partial charge in [-0.3, -0.25) is 0 Å². The summed E-state index contributed by atoms with van der Waals surface area (Å²) in [6.45, 7) is 8.67. The van der Waals surface area contributed by atoms with Crippen LogP contribution >= 0.6 is 0 Å². The topological polar surface area (TPSA) is 15.3 Å². The number of fused-ring (bicyclic) bond motifs is 3. The fourth-order valence-electron chi connectivity index (χ4n) is 4.05. The van der Waals surface area contributed by atoms with Gasteiger partial charge in [0.25, 0.3) is 0 Å². The van der Waals surface area contributed by atoms with E-state index in [9.17, 15) is 0 Å². The van der Waals surface area contributed by atoms with Crippen LogP contribution in [-0.2, 0) is 0 Å². The first-order valence-corrected chi connectivity index (χ1v) is 9.31. The molecule has 0 saturated carbocycles. The normalized spacial score (nSPS) is 29.2. The quantitative estimate of drug-likeness (QED) is 0.603. The Kier molecular flexibility index (Phi) is 7.37. The Hall–Kier alpha value is -0.0800. The number of hydrogen-bond donors (Lipinski definition) is 1. The predicted molar refractivity (Wildman–Crippen MR) is 88.2 cm³/mol. The van der Waals surface area contributed by atoms with Gasteiger partial charge in [0, 0.05) is 18.6 Å². The van der Waals surface area contributed by atoms with E-state index in [4.69, 9.17) is 0 Å². The molecule has 0 radical (unpaired) electrons. The Balaban J connectivity index is 1.76. The van der Waals surface area contributed by atoms with Crippen molar-refractivity contribution in [2.45, 2.75) is 90.1 Å². The summed E-state index contributed by atoms with van der Waals surface area (Å²) in [6, 6.07) is 1.59. The fraction of sp³-hybridized carbons (Fsp3) is 1.00. The molecule has 0 aromatic rings. The monoisotopic (exact) mass is 280 g/mol. The van der Waals surface area contributed by atoms with Gasteiger partial charge < -0.3 is 10.2 Å². The summed E-state index contributed by atoms with van der Waals surface area (Å²) in [4.78, 5) is 2.67. The van der Waals surface area contributed by atoms with Crippen molar-refractivity contribution in [3.05, 3.63) is 0 Å². The van der Waals surface area contributed by atoms with E-state index in [2.05, 4.69) is 24.1 Å². The second-order valence-electron chi connectivity index (χ2n) is 7.10. The summed E-state index contributed by atoms with van der Waals surface area (Å²) >= 11 is 0. The summed E-state index contributed by atoms with van der Waals surface area (Å²) in [5.74, 6) is 0.972. The smallest absolute Gasteiger partial charge is 0.0226 e. The standard InChI is InChI=1S/C18H36N2/c1-3-5-7-9-17(10-8-6-4-2)19-18-15-20-13-11-16(18)12-14-20/h16-19H,3-15H2,1-2H3. The zero-order chi connectivity index (χ0) is 14.2. The second kappa shape index (κ2) is 9.04. The molecule has 1 atom stereocenters. The van der Waals surface area contributed by atoms with Crippen LogP contribution in [0.1, 0.15) is 78.1 Å². The summed E-state index contributed by atoms with van der Waals surface area (Å²) in [5.41, 5.74) is 0. The molecule has 3 fully saturated rings. The Morgan fingerprint density at radius 1 is 0.950 bits per heavy atom. The number of hydrogen-bond acceptors (Lipinski definition) is 2. The van der Waals surface area contributed by atoms with Crippen LogP contribution < -0.4 is 5.32 Å². The van der Waals surface area contributed by atoms with E-state index in [-0.39, 0.29) is 0 Å². The van der Waals surface area contributed by atoms with Crippen LogP contribution in [0, 0.1) is 5.92 Å². The molecule has 2 nitrogen and oxygen atoms in total. The lowest BCUT2D eigenvalue weighted by molar-refractivity contribution is 0.0653. The maximum absolute atomic E-state index is 4.06. The molecule has 0 spiro atoms. The van der Waals surface area contributed by atoms with Crippen LogP contribution in [0.2, 0.25) is 0 Å². The lowest BCUT2D eigenvalue weighted by Gasteiger charge is -2.46. The van der Waals surface area contributed by atoms with Gasteiger partial charge in [0.1, 0.15) is 0 Å². The van der Waals surface area contributed by atoms with E-state index >= 15 is 0 Å². The first kappa shape index (κ1) is 16.3. The van der Waals surface area contributed by atoms with Crippen molar-refractivity contribution < 1.29 is 0 Å². The molecule has 1 unspecified atom stereocenters. The summed E-state index contributed by atoms with van der Waals surface area (Å²) in [5, 5.41) is 4.06. The van der Waals surface area contributed by atoms with Crippen molar-refractivity contribution in [3.8, 4) is 0 Å². The van der Waals surface area contributed by atoms with Gasteiger partial charge in [-0.05, 0) is 44.7 Å². The van der Waals surface area contributed by atoms with Crippen molar-refractivity contribution in [1.29, 1.82) is 0 Å². The Morgan fingerprint density at radius 2 is 1.55 bits per heavy atom. The van der Waals surface area contributed by atoms with Crippen LogP contribution in [0.4, 0.5) is 0 Å². The molecule has 3 heterocycles. The molecule has 0 aromatic heterocycles. The minimum Gasteiger partial charge on any atom is -0.310 e. The maximum atomic E-state index is 4.06. The van der Waals surface area contributed by atoms with Gasteiger partial charge in [0.05, 0.1) is 0 Å². The highest BCUT2D eigenvalue weighted by atomic mass is 15.2. The van der Waals surface area contributed by atoms with Crippen LogP contribution in [-0.4, -0.2) is 36.6 Å². The van der Waals surface area contributed by atoms with Gasteiger partial charge >= 0.3 is 0 Å². The zero-order valence-electron chi connectivity index (χ0n) is 13.9. The third-order valence-electron chi connectivity index (χ3n) is 5.42. The lowest BCUT2D eigenvalue weighted by Crippen LogP contribution is -2.58. The Labute approximate surface area is 126 Å². The minimum absolute atomic E-state index is 0.790. The molecule has 3 aliphatic rings. The van der Waals surface area contributed by atoms with Crippen molar-refractivity contribution >= 4 is 0 Å². The van der Waals surface area contributed by atoms with Gasteiger partial charge in [0.15, 0.2) is 0 Å². The fourth-order valence-corrected chi connectivity index (χ4v) is 4.05. The predicted octanol–water partition coefficient (Wildman–Crippen LogP) is 4.20. The average Bonchev–Trinajstić information content (AvgIpc) is 2.49. The molecule has 20 heavy (non-hydrogen) atoms. The number of nitrogens with one attached hydrogen (secondary N) is 1. The van der Waals surface area contributed by atoms with Gasteiger partial charge in [-0.1, -0.05) is 52.4 Å². The van der Waals surface area contributed by atoms with Crippen molar-refractivity contribution in [3.63, 3.8) is 0 Å². The van der Waals surface area contributed by atoms with Gasteiger partial charge in [0.2, 0.25) is 0 Å². The average molecular weight is 281 g/mol. The molecular formula is C18H36N2. The highest BCUT2D eigenvalue weighted by molar-refractivity contribution is 4.92. The number of nitrogens with zero attached hydrogens (tertiary/aromatic N) is 1. The molecule has 2 heteroatoms. The number of unbranched alkanes of at least 4 members (excludes halogenated alkanes) is 4. The van der Waals surface area contributed by atoms with Crippen molar-refractivity contribution in [1.82, 2.24) is 10.2 Å². The van der Waals surface area contributed by atoms with E-state index in [0.29, 0.717) is 0 Å². The summed E-state index contributed by atoms with van der Waals surface area (Å²) in [7, 11) is 0. The number of piperidine rings is 3. The third-order valence-corrected chi connectivity index (χ3v) is 5.42. The molecule has 0 aromatic carbocycles. The van der Waals surface area contributed by atoms with Crippen LogP contribution in [0.3, 0.4) is 0 Å². The molecule has 0 amide bonds. The van der Waals surface area contributed by atoms with E-state index in [1.165, 1.54) is 83.8 Å². The summed E-state index contributed by atoms with van der Waals surface area (Å²) < 4.78 is 0. The number of rotatable bonds is 10. The van der Waals surface area contributed by atoms with E-state index in [1.807, 2.05) is 0 Å². The van der Waals surface area contributed by atoms with Gasteiger partial charge in [-0.15, -0.1) is 0 Å². The maximum Gasteiger partial charge on any atom is 0.0226 e. The molecule has 2 bridgehead atoms. The first-order chi connectivity index (χ1) is 9.83. The van der Waals surface area contributed by atoms with E-state index in [1.54, 1.807) is 0 Å². The minimum atomic E-state index is 0.790. The summed E-state index contributed by atoms with van der Waals surface area (Å²) in [6.07, 6.45) is 14.0. The highest BCUT2D eigenvalue weighted by Crippen LogP contribution is 2.28. The molecule has 0 aliphatic carbocycles. The molecule has 3 saturated heterocycles. The van der Waals surface area contributed by atoms with Gasteiger partial charge in [-0.2, -0.15) is 0 Å². The Morgan fingerprint density at radius 3 is 2.00 bits per heavy atom. The van der Waals surface area contributed by atoms with Crippen molar-refractivity contribution in [2.75, 3.05) is 19.6 Å². The first-order valence-electron chi connectivity index (χ1n) is 9.31. The van der Waals surface area contributed by atoms with Crippen molar-refractivity contribution in [2.24, 2.45) is 5.92 Å². The molecule has 3 aliphatic heterocycles. The third kappa shape index (κ3) is 5.04. The SMILES string of the molecule is CCCCCC(CCCCC)NC1CN2CCC1CC2. The largest absolute Gasteiger partial charge is 0.310 e. The van der Waals surface area contributed by atoms with Gasteiger partial charge in [-0.25, -0.2) is 0 Å². The molecular weight excluding hydrogens is 244 g/mol. The lowest BCUT2D eigenvalue weighted by atomic mass is 9.83. The second-order valence-corrected chi connectivity index (χ2v) is 7.10. The zero-order valence-corrected chi connectivity index (χ0v) is 13.9.